The zero-order valence-electron chi connectivity index (χ0n) is 11.0. The molecule has 2 aliphatic rings. The minimum absolute atomic E-state index is 0.325. The number of hydrogen-bond donors (Lipinski definition) is 8. The average molecular weight is 312 g/mol. The minimum atomic E-state index is -2.95. The van der Waals surface area contributed by atoms with Gasteiger partial charge in [-0.05, 0) is 0 Å². The van der Waals surface area contributed by atoms with Crippen molar-refractivity contribution in [2.45, 2.75) is 48.0 Å². The minimum Gasteiger partial charge on any atom is -0.394 e. The second-order valence-corrected chi connectivity index (χ2v) is 5.42. The monoisotopic (exact) mass is 312 g/mol. The summed E-state index contributed by atoms with van der Waals surface area (Å²) < 4.78 is 9.62. The van der Waals surface area contributed by atoms with Gasteiger partial charge in [0.2, 0.25) is 0 Å². The van der Waals surface area contributed by atoms with Crippen LogP contribution in [0.2, 0.25) is 0 Å². The van der Waals surface area contributed by atoms with E-state index in [1.807, 2.05) is 0 Å². The van der Waals surface area contributed by atoms with Crippen molar-refractivity contribution in [2.24, 2.45) is 0 Å². The van der Waals surface area contributed by atoms with Gasteiger partial charge in [0.15, 0.2) is 17.5 Å². The SMILES string of the molecule is OC[C@H]1O[C@H](O)[C@@](O)([C@@]2(O)COC[C@@H](O)[C@@H]2O)[C@@H](O)[C@@H]1O. The van der Waals surface area contributed by atoms with Crippen LogP contribution in [0.25, 0.3) is 0 Å². The van der Waals surface area contributed by atoms with Crippen LogP contribution in [-0.4, -0.2) is 109 Å². The van der Waals surface area contributed by atoms with Crippen LogP contribution in [-0.2, 0) is 9.47 Å². The molecule has 0 saturated carbocycles. The van der Waals surface area contributed by atoms with Crippen LogP contribution in [0.3, 0.4) is 0 Å². The zero-order valence-corrected chi connectivity index (χ0v) is 11.0. The van der Waals surface area contributed by atoms with Crippen molar-refractivity contribution < 1.29 is 50.3 Å². The first-order valence-electron chi connectivity index (χ1n) is 6.39. The Morgan fingerprint density at radius 2 is 1.62 bits per heavy atom. The van der Waals surface area contributed by atoms with E-state index < -0.39 is 61.2 Å². The molecule has 2 fully saturated rings. The first-order chi connectivity index (χ1) is 9.70. The second-order valence-electron chi connectivity index (χ2n) is 5.42. The molecule has 8 atom stereocenters. The van der Waals surface area contributed by atoms with E-state index in [0.29, 0.717) is 0 Å². The van der Waals surface area contributed by atoms with Crippen molar-refractivity contribution in [1.29, 1.82) is 0 Å². The summed E-state index contributed by atoms with van der Waals surface area (Å²) in [6.45, 7) is -1.81. The topological polar surface area (TPSA) is 180 Å². The lowest BCUT2D eigenvalue weighted by molar-refractivity contribution is -0.395. The molecule has 2 heterocycles. The molecule has 0 aromatic carbocycles. The summed E-state index contributed by atoms with van der Waals surface area (Å²) in [6.07, 6.45) is -11.2. The predicted molar refractivity (Wildman–Crippen MR) is 62.7 cm³/mol. The Morgan fingerprint density at radius 1 is 1.00 bits per heavy atom. The van der Waals surface area contributed by atoms with Crippen LogP contribution < -0.4 is 0 Å². The van der Waals surface area contributed by atoms with Crippen molar-refractivity contribution in [1.82, 2.24) is 0 Å². The van der Waals surface area contributed by atoms with Gasteiger partial charge in [-0.25, -0.2) is 0 Å². The molecule has 0 aromatic rings. The van der Waals surface area contributed by atoms with Gasteiger partial charge >= 0.3 is 0 Å². The molecule has 0 bridgehead atoms. The van der Waals surface area contributed by atoms with Gasteiger partial charge in [-0.1, -0.05) is 0 Å². The Balaban J connectivity index is 2.39. The molecule has 0 unspecified atom stereocenters. The van der Waals surface area contributed by atoms with Crippen molar-refractivity contribution in [3.05, 3.63) is 0 Å². The van der Waals surface area contributed by atoms with Crippen molar-refractivity contribution >= 4 is 0 Å². The molecule has 2 aliphatic heterocycles. The van der Waals surface area contributed by atoms with Crippen LogP contribution in [0.4, 0.5) is 0 Å². The molecule has 0 aliphatic carbocycles. The quantitative estimate of drug-likeness (QED) is 0.245. The molecule has 0 spiro atoms. The lowest BCUT2D eigenvalue weighted by atomic mass is 9.69. The summed E-state index contributed by atoms with van der Waals surface area (Å²) >= 11 is 0. The summed E-state index contributed by atoms with van der Waals surface area (Å²) in [5.74, 6) is 0. The third-order valence-electron chi connectivity index (χ3n) is 4.17. The highest BCUT2D eigenvalue weighted by atomic mass is 16.6. The summed E-state index contributed by atoms with van der Waals surface area (Å²) in [4.78, 5) is 0. The van der Waals surface area contributed by atoms with Crippen molar-refractivity contribution in [3.8, 4) is 0 Å². The molecule has 0 aromatic heterocycles. The van der Waals surface area contributed by atoms with E-state index in [-0.39, 0.29) is 6.61 Å². The lowest BCUT2D eigenvalue weighted by Gasteiger charge is -2.56. The smallest absolute Gasteiger partial charge is 0.190 e. The maximum absolute atomic E-state index is 10.5. The second kappa shape index (κ2) is 5.66. The van der Waals surface area contributed by atoms with Crippen LogP contribution in [0.15, 0.2) is 0 Å². The van der Waals surface area contributed by atoms with E-state index in [2.05, 4.69) is 0 Å². The number of rotatable bonds is 2. The Labute approximate surface area is 119 Å². The first-order valence-corrected chi connectivity index (χ1v) is 6.39. The standard InChI is InChI=1S/C11H20O10/c12-1-5-6(14)8(16)11(19,9(17)21-5)10(18)3-20-2-4(13)7(10)15/h4-9,12-19H,1-3H2/t4-,5-,6-,7+,8+,9+,10-,11-/m1/s1. The fourth-order valence-electron chi connectivity index (χ4n) is 2.76. The van der Waals surface area contributed by atoms with Gasteiger partial charge in [-0.3, -0.25) is 0 Å². The Kier molecular flexibility index (Phi) is 4.57. The molecular formula is C11H20O10. The predicted octanol–water partition coefficient (Wildman–Crippen LogP) is -5.37. The third-order valence-corrected chi connectivity index (χ3v) is 4.17. The average Bonchev–Trinajstić information content (AvgIpc) is 2.46. The summed E-state index contributed by atoms with van der Waals surface area (Å²) in [5, 5.41) is 79.1. The van der Waals surface area contributed by atoms with Gasteiger partial charge in [0, 0.05) is 0 Å². The normalized spacial score (nSPS) is 55.4. The molecule has 21 heavy (non-hydrogen) atoms. The first kappa shape index (κ1) is 17.0. The van der Waals surface area contributed by atoms with Crippen LogP contribution in [0.1, 0.15) is 0 Å². The molecule has 2 rings (SSSR count). The maximum atomic E-state index is 10.5. The van der Waals surface area contributed by atoms with Crippen molar-refractivity contribution in [3.63, 3.8) is 0 Å². The number of ether oxygens (including phenoxy) is 2. The zero-order chi connectivity index (χ0) is 16.0. The lowest BCUT2D eigenvalue weighted by Crippen LogP contribution is -2.81. The van der Waals surface area contributed by atoms with E-state index in [4.69, 9.17) is 14.6 Å². The van der Waals surface area contributed by atoms with Gasteiger partial charge in [0.05, 0.1) is 19.8 Å². The summed E-state index contributed by atoms with van der Waals surface area (Å²) in [7, 11) is 0. The van der Waals surface area contributed by atoms with E-state index >= 15 is 0 Å². The Morgan fingerprint density at radius 3 is 2.19 bits per heavy atom. The summed E-state index contributed by atoms with van der Waals surface area (Å²) in [6, 6.07) is 0. The number of hydrogen-bond acceptors (Lipinski definition) is 10. The molecular weight excluding hydrogens is 292 g/mol. The van der Waals surface area contributed by atoms with E-state index in [1.165, 1.54) is 0 Å². The molecule has 10 nitrogen and oxygen atoms in total. The van der Waals surface area contributed by atoms with E-state index in [0.717, 1.165) is 0 Å². The van der Waals surface area contributed by atoms with Gasteiger partial charge in [0.1, 0.15) is 30.5 Å². The Bertz CT molecular complexity index is 380. The van der Waals surface area contributed by atoms with E-state index in [9.17, 15) is 35.7 Å². The molecule has 0 amide bonds. The molecule has 8 N–H and O–H groups in total. The fourth-order valence-corrected chi connectivity index (χ4v) is 2.76. The molecule has 2 saturated heterocycles. The largest absolute Gasteiger partial charge is 0.394 e. The van der Waals surface area contributed by atoms with Crippen molar-refractivity contribution in [2.75, 3.05) is 19.8 Å². The highest BCUT2D eigenvalue weighted by Gasteiger charge is 2.69. The van der Waals surface area contributed by atoms with Crippen LogP contribution >= 0.6 is 0 Å². The maximum Gasteiger partial charge on any atom is 0.190 e. The highest BCUT2D eigenvalue weighted by molar-refractivity contribution is 5.16. The van der Waals surface area contributed by atoms with Crippen LogP contribution in [0, 0.1) is 0 Å². The highest BCUT2D eigenvalue weighted by Crippen LogP contribution is 2.41. The van der Waals surface area contributed by atoms with E-state index in [1.54, 1.807) is 0 Å². The van der Waals surface area contributed by atoms with Gasteiger partial charge < -0.3 is 50.3 Å². The van der Waals surface area contributed by atoms with Crippen LogP contribution in [0.5, 0.6) is 0 Å². The van der Waals surface area contributed by atoms with Gasteiger partial charge in [-0.2, -0.15) is 0 Å². The third kappa shape index (κ3) is 2.28. The van der Waals surface area contributed by atoms with Gasteiger partial charge in [0.25, 0.3) is 0 Å². The number of aliphatic hydroxyl groups excluding tert-OH is 6. The fraction of sp³-hybridized carbons (Fsp3) is 1.00. The summed E-state index contributed by atoms with van der Waals surface area (Å²) in [5.41, 5.74) is -5.65. The number of aliphatic hydroxyl groups is 8. The molecule has 124 valence electrons. The molecule has 10 heteroatoms. The van der Waals surface area contributed by atoms with Gasteiger partial charge in [-0.15, -0.1) is 0 Å². The molecule has 0 radical (unpaired) electrons. The Hall–Kier alpha value is -0.400.